The molecule has 0 aliphatic rings. The minimum absolute atomic E-state index is 0.109. The molecule has 1 amide bonds. The zero-order chi connectivity index (χ0) is 15.5. The summed E-state index contributed by atoms with van der Waals surface area (Å²) < 4.78 is 14.2. The van der Waals surface area contributed by atoms with Gasteiger partial charge in [0.1, 0.15) is 5.82 Å². The molecule has 1 aromatic rings. The number of amides is 1. The molecule has 0 saturated heterocycles. The number of unbranched alkanes of at least 4 members (excludes halogenated alkanes) is 7. The number of hydrogen-bond donors (Lipinski definition) is 1. The summed E-state index contributed by atoms with van der Waals surface area (Å²) in [7, 11) is 0. The van der Waals surface area contributed by atoms with Crippen LogP contribution in [0.3, 0.4) is 0 Å². The minimum Gasteiger partial charge on any atom is -0.324 e. The van der Waals surface area contributed by atoms with Crippen molar-refractivity contribution in [2.75, 3.05) is 5.32 Å². The minimum atomic E-state index is -0.409. The Morgan fingerprint density at radius 2 is 1.71 bits per heavy atom. The average molecular weight is 358 g/mol. The first kappa shape index (κ1) is 18.1. The van der Waals surface area contributed by atoms with Crippen molar-refractivity contribution in [2.45, 2.75) is 64.7 Å². The molecule has 1 N–H and O–H groups in total. The van der Waals surface area contributed by atoms with Crippen LogP contribution in [0, 0.1) is 5.82 Å². The van der Waals surface area contributed by atoms with Crippen LogP contribution >= 0.6 is 15.9 Å². The monoisotopic (exact) mass is 357 g/mol. The van der Waals surface area contributed by atoms with Gasteiger partial charge in [-0.15, -0.1) is 0 Å². The molecular formula is C17H25BrFNO. The van der Waals surface area contributed by atoms with Gasteiger partial charge in [0.25, 0.3) is 0 Å². The lowest BCUT2D eigenvalue weighted by Crippen LogP contribution is -2.12. The topological polar surface area (TPSA) is 29.1 Å². The van der Waals surface area contributed by atoms with Gasteiger partial charge in [-0.25, -0.2) is 4.39 Å². The predicted molar refractivity (Wildman–Crippen MR) is 90.0 cm³/mol. The van der Waals surface area contributed by atoms with Gasteiger partial charge in [0.05, 0.1) is 5.69 Å². The fraction of sp³-hybridized carbons (Fsp3) is 0.588. The van der Waals surface area contributed by atoms with E-state index in [-0.39, 0.29) is 11.6 Å². The number of carbonyl (C=O) groups excluding carboxylic acids is 1. The fourth-order valence-electron chi connectivity index (χ4n) is 2.22. The highest BCUT2D eigenvalue weighted by Gasteiger charge is 2.07. The molecule has 0 fully saturated rings. The molecule has 0 heterocycles. The van der Waals surface area contributed by atoms with Crippen LogP contribution in [0.5, 0.6) is 0 Å². The summed E-state index contributed by atoms with van der Waals surface area (Å²) in [6.45, 7) is 2.22. The summed E-state index contributed by atoms with van der Waals surface area (Å²) >= 11 is 3.19. The molecule has 0 aliphatic carbocycles. The van der Waals surface area contributed by atoms with E-state index in [1.165, 1.54) is 44.6 Å². The Kier molecular flexibility index (Phi) is 9.31. The summed E-state index contributed by atoms with van der Waals surface area (Å²) in [5.74, 6) is -0.518. The Morgan fingerprint density at radius 1 is 1.10 bits per heavy atom. The van der Waals surface area contributed by atoms with Crippen LogP contribution in [-0.4, -0.2) is 5.91 Å². The zero-order valence-electron chi connectivity index (χ0n) is 12.8. The SMILES string of the molecule is CCCCCCCCCCC(=O)Nc1ccc(Br)cc1F. The van der Waals surface area contributed by atoms with Crippen molar-refractivity contribution < 1.29 is 9.18 Å². The molecule has 0 radical (unpaired) electrons. The molecule has 0 bridgehead atoms. The zero-order valence-corrected chi connectivity index (χ0v) is 14.3. The van der Waals surface area contributed by atoms with Gasteiger partial charge in [0.15, 0.2) is 0 Å². The van der Waals surface area contributed by atoms with E-state index in [0.717, 1.165) is 12.8 Å². The Balaban J connectivity index is 2.11. The Morgan fingerprint density at radius 3 is 2.33 bits per heavy atom. The smallest absolute Gasteiger partial charge is 0.224 e. The number of benzene rings is 1. The normalized spacial score (nSPS) is 10.6. The summed E-state index contributed by atoms with van der Waals surface area (Å²) in [5, 5.41) is 2.62. The molecular weight excluding hydrogens is 333 g/mol. The number of carbonyl (C=O) groups is 1. The largest absolute Gasteiger partial charge is 0.324 e. The quantitative estimate of drug-likeness (QED) is 0.506. The van der Waals surface area contributed by atoms with E-state index in [2.05, 4.69) is 28.2 Å². The molecule has 118 valence electrons. The number of halogens is 2. The highest BCUT2D eigenvalue weighted by Crippen LogP contribution is 2.19. The molecule has 0 atom stereocenters. The Labute approximate surface area is 135 Å². The number of nitrogens with one attached hydrogen (secondary N) is 1. The van der Waals surface area contributed by atoms with Gasteiger partial charge in [0, 0.05) is 10.9 Å². The molecule has 0 aliphatic heterocycles. The molecule has 1 rings (SSSR count). The van der Waals surface area contributed by atoms with Crippen LogP contribution in [0.2, 0.25) is 0 Å². The fourth-order valence-corrected chi connectivity index (χ4v) is 2.56. The lowest BCUT2D eigenvalue weighted by Gasteiger charge is -2.06. The Bertz CT molecular complexity index is 437. The summed E-state index contributed by atoms with van der Waals surface area (Å²) in [6.07, 6.45) is 10.1. The first-order valence-corrected chi connectivity index (χ1v) is 8.67. The molecule has 0 spiro atoms. The van der Waals surface area contributed by atoms with Crippen molar-refractivity contribution in [3.63, 3.8) is 0 Å². The highest BCUT2D eigenvalue weighted by molar-refractivity contribution is 9.10. The van der Waals surface area contributed by atoms with Gasteiger partial charge < -0.3 is 5.32 Å². The number of rotatable bonds is 10. The van der Waals surface area contributed by atoms with Crippen LogP contribution in [-0.2, 0) is 4.79 Å². The number of anilines is 1. The maximum atomic E-state index is 13.6. The van der Waals surface area contributed by atoms with Crippen LogP contribution in [0.15, 0.2) is 22.7 Å². The van der Waals surface area contributed by atoms with Crippen LogP contribution < -0.4 is 5.32 Å². The lowest BCUT2D eigenvalue weighted by molar-refractivity contribution is -0.116. The molecule has 1 aromatic carbocycles. The maximum absolute atomic E-state index is 13.6. The summed E-state index contributed by atoms with van der Waals surface area (Å²) in [4.78, 5) is 11.7. The van der Waals surface area contributed by atoms with Gasteiger partial charge >= 0.3 is 0 Å². The standard InChI is InChI=1S/C17H25BrFNO/c1-2-3-4-5-6-7-8-9-10-17(21)20-16-12-11-14(18)13-15(16)19/h11-13H,2-10H2,1H3,(H,20,21). The van der Waals surface area contributed by atoms with E-state index in [0.29, 0.717) is 10.9 Å². The summed E-state index contributed by atoms with van der Waals surface area (Å²) in [6, 6.07) is 4.64. The molecule has 2 nitrogen and oxygen atoms in total. The van der Waals surface area contributed by atoms with Gasteiger partial charge in [-0.3, -0.25) is 4.79 Å². The van der Waals surface area contributed by atoms with Crippen molar-refractivity contribution >= 4 is 27.5 Å². The van der Waals surface area contributed by atoms with Gasteiger partial charge in [0.2, 0.25) is 5.91 Å². The summed E-state index contributed by atoms with van der Waals surface area (Å²) in [5.41, 5.74) is 0.253. The maximum Gasteiger partial charge on any atom is 0.224 e. The third-order valence-corrected chi connectivity index (χ3v) is 3.96. The third kappa shape index (κ3) is 8.20. The van der Waals surface area contributed by atoms with Crippen molar-refractivity contribution in [1.82, 2.24) is 0 Å². The van der Waals surface area contributed by atoms with Crippen molar-refractivity contribution in [3.8, 4) is 0 Å². The van der Waals surface area contributed by atoms with Crippen molar-refractivity contribution in [1.29, 1.82) is 0 Å². The number of hydrogen-bond acceptors (Lipinski definition) is 1. The van der Waals surface area contributed by atoms with Crippen LogP contribution in [0.25, 0.3) is 0 Å². The molecule has 4 heteroatoms. The van der Waals surface area contributed by atoms with Gasteiger partial charge in [-0.1, -0.05) is 67.8 Å². The van der Waals surface area contributed by atoms with Crippen molar-refractivity contribution in [2.24, 2.45) is 0 Å². The van der Waals surface area contributed by atoms with E-state index in [1.807, 2.05) is 0 Å². The van der Waals surface area contributed by atoms with Crippen LogP contribution in [0.4, 0.5) is 10.1 Å². The van der Waals surface area contributed by atoms with E-state index in [1.54, 1.807) is 12.1 Å². The third-order valence-electron chi connectivity index (χ3n) is 3.46. The van der Waals surface area contributed by atoms with Crippen molar-refractivity contribution in [3.05, 3.63) is 28.5 Å². The average Bonchev–Trinajstić information content (AvgIpc) is 2.45. The molecule has 21 heavy (non-hydrogen) atoms. The second kappa shape index (κ2) is 10.8. The molecule has 0 saturated carbocycles. The Hall–Kier alpha value is -0.900. The van der Waals surface area contributed by atoms with E-state index in [9.17, 15) is 9.18 Å². The second-order valence-corrected chi connectivity index (χ2v) is 6.31. The van der Waals surface area contributed by atoms with Gasteiger partial charge in [-0.2, -0.15) is 0 Å². The second-order valence-electron chi connectivity index (χ2n) is 5.40. The predicted octanol–water partition coefficient (Wildman–Crippen LogP) is 6.06. The van der Waals surface area contributed by atoms with E-state index < -0.39 is 5.82 Å². The van der Waals surface area contributed by atoms with Crippen LogP contribution in [0.1, 0.15) is 64.7 Å². The molecule has 0 aromatic heterocycles. The van der Waals surface area contributed by atoms with E-state index >= 15 is 0 Å². The molecule has 0 unspecified atom stereocenters. The first-order valence-electron chi connectivity index (χ1n) is 7.88. The van der Waals surface area contributed by atoms with E-state index in [4.69, 9.17) is 0 Å². The first-order chi connectivity index (χ1) is 10.1. The highest BCUT2D eigenvalue weighted by atomic mass is 79.9. The van der Waals surface area contributed by atoms with Gasteiger partial charge in [-0.05, 0) is 24.6 Å². The lowest BCUT2D eigenvalue weighted by atomic mass is 10.1.